The lowest BCUT2D eigenvalue weighted by Gasteiger charge is -2.16. The predicted octanol–water partition coefficient (Wildman–Crippen LogP) is 4.43. The van der Waals surface area contributed by atoms with Crippen molar-refractivity contribution in [3.8, 4) is 5.75 Å². The molecule has 2 rings (SSSR count). The summed E-state index contributed by atoms with van der Waals surface area (Å²) >= 11 is 5.80. The van der Waals surface area contributed by atoms with Crippen molar-refractivity contribution in [3.05, 3.63) is 63.2 Å². The van der Waals surface area contributed by atoms with E-state index in [1.165, 1.54) is 12.1 Å². The van der Waals surface area contributed by atoms with Gasteiger partial charge in [-0.25, -0.2) is 0 Å². The summed E-state index contributed by atoms with van der Waals surface area (Å²) in [6.45, 7) is 1.97. The molecule has 0 aliphatic heterocycles. The van der Waals surface area contributed by atoms with Crippen LogP contribution in [0.15, 0.2) is 42.5 Å². The van der Waals surface area contributed by atoms with Crippen LogP contribution in [0, 0.1) is 10.1 Å². The van der Waals surface area contributed by atoms with Crippen LogP contribution in [0.2, 0.25) is 5.02 Å². The smallest absolute Gasteiger partial charge is 0.289 e. The molecule has 0 radical (unpaired) electrons. The van der Waals surface area contributed by atoms with Crippen LogP contribution in [0.5, 0.6) is 5.75 Å². The third-order valence-corrected chi connectivity index (χ3v) is 3.44. The van der Waals surface area contributed by atoms with E-state index >= 15 is 0 Å². The summed E-state index contributed by atoms with van der Waals surface area (Å²) in [5, 5.41) is 14.2. The van der Waals surface area contributed by atoms with Gasteiger partial charge in [0.05, 0.1) is 12.0 Å². The third kappa shape index (κ3) is 3.64. The molecule has 0 heterocycles. The van der Waals surface area contributed by atoms with Crippen molar-refractivity contribution in [2.24, 2.45) is 0 Å². The Hall–Kier alpha value is -2.27. The number of nitro benzene ring substituents is 1. The Labute approximate surface area is 127 Å². The van der Waals surface area contributed by atoms with Gasteiger partial charge in [-0.3, -0.25) is 10.1 Å². The minimum absolute atomic E-state index is 0.0270. The number of nitro groups is 1. The second kappa shape index (κ2) is 6.45. The first-order valence-corrected chi connectivity index (χ1v) is 6.73. The van der Waals surface area contributed by atoms with E-state index in [1.54, 1.807) is 13.2 Å². The molecule has 0 aliphatic rings. The molecule has 2 aromatic rings. The highest BCUT2D eigenvalue weighted by atomic mass is 35.5. The molecule has 0 fully saturated rings. The molecule has 0 amide bonds. The summed E-state index contributed by atoms with van der Waals surface area (Å²) in [5.74, 6) is 0.767. The lowest BCUT2D eigenvalue weighted by Crippen LogP contribution is -2.07. The lowest BCUT2D eigenvalue weighted by atomic mass is 10.1. The zero-order valence-electron chi connectivity index (χ0n) is 11.7. The van der Waals surface area contributed by atoms with E-state index in [-0.39, 0.29) is 16.8 Å². The second-order valence-corrected chi connectivity index (χ2v) is 4.97. The van der Waals surface area contributed by atoms with Gasteiger partial charge in [0, 0.05) is 17.8 Å². The summed E-state index contributed by atoms with van der Waals surface area (Å²) in [5.41, 5.74) is 1.55. The van der Waals surface area contributed by atoms with E-state index < -0.39 is 4.92 Å². The molecule has 1 unspecified atom stereocenters. The first-order chi connectivity index (χ1) is 10.0. The van der Waals surface area contributed by atoms with Crippen LogP contribution in [0.3, 0.4) is 0 Å². The average molecular weight is 307 g/mol. The topological polar surface area (TPSA) is 64.4 Å². The Balaban J connectivity index is 2.21. The number of methoxy groups -OCH3 is 1. The van der Waals surface area contributed by atoms with Crippen molar-refractivity contribution in [3.63, 3.8) is 0 Å². The Kier molecular flexibility index (Phi) is 4.65. The predicted molar refractivity (Wildman–Crippen MR) is 83.1 cm³/mol. The number of ether oxygens (including phenoxy) is 1. The molecule has 1 atom stereocenters. The van der Waals surface area contributed by atoms with Crippen molar-refractivity contribution in [2.45, 2.75) is 13.0 Å². The number of anilines is 1. The number of hydrogen-bond acceptors (Lipinski definition) is 4. The highest BCUT2D eigenvalue weighted by Gasteiger charge is 2.14. The average Bonchev–Trinajstić information content (AvgIpc) is 2.49. The van der Waals surface area contributed by atoms with E-state index in [0.29, 0.717) is 5.69 Å². The molecule has 0 spiro atoms. The SMILES string of the molecule is COc1cccc(C(C)Nc2ccc(Cl)c([N+](=O)[O-])c2)c1. The Bertz CT molecular complexity index is 661. The van der Waals surface area contributed by atoms with Crippen LogP contribution in [0.25, 0.3) is 0 Å². The second-order valence-electron chi connectivity index (χ2n) is 4.57. The highest BCUT2D eigenvalue weighted by molar-refractivity contribution is 6.32. The van der Waals surface area contributed by atoms with Crippen LogP contribution < -0.4 is 10.1 Å². The molecule has 1 N–H and O–H groups in total. The Morgan fingerprint density at radius 1 is 1.29 bits per heavy atom. The third-order valence-electron chi connectivity index (χ3n) is 3.12. The van der Waals surface area contributed by atoms with Gasteiger partial charge in [-0.05, 0) is 36.8 Å². The first-order valence-electron chi connectivity index (χ1n) is 6.35. The summed E-state index contributed by atoms with van der Waals surface area (Å²) in [4.78, 5) is 10.4. The summed E-state index contributed by atoms with van der Waals surface area (Å²) in [6.07, 6.45) is 0. The number of benzene rings is 2. The van der Waals surface area contributed by atoms with Crippen molar-refractivity contribution < 1.29 is 9.66 Å². The molecule has 0 saturated carbocycles. The van der Waals surface area contributed by atoms with E-state index in [0.717, 1.165) is 11.3 Å². The van der Waals surface area contributed by atoms with Gasteiger partial charge in [0.15, 0.2) is 0 Å². The zero-order valence-corrected chi connectivity index (χ0v) is 12.4. The molecule has 0 saturated heterocycles. The number of nitrogens with zero attached hydrogens (tertiary/aromatic N) is 1. The standard InChI is InChI=1S/C15H15ClN2O3/c1-10(11-4-3-5-13(8-11)21-2)17-12-6-7-14(16)15(9-12)18(19)20/h3-10,17H,1-2H3. The maximum Gasteiger partial charge on any atom is 0.289 e. The Morgan fingerprint density at radius 2 is 2.05 bits per heavy atom. The van der Waals surface area contributed by atoms with Crippen LogP contribution in [-0.4, -0.2) is 12.0 Å². The number of nitrogens with one attached hydrogen (secondary N) is 1. The van der Waals surface area contributed by atoms with Gasteiger partial charge in [-0.1, -0.05) is 23.7 Å². The zero-order chi connectivity index (χ0) is 15.4. The van der Waals surface area contributed by atoms with Gasteiger partial charge >= 0.3 is 0 Å². The van der Waals surface area contributed by atoms with Gasteiger partial charge in [0.2, 0.25) is 0 Å². The highest BCUT2D eigenvalue weighted by Crippen LogP contribution is 2.29. The van der Waals surface area contributed by atoms with E-state index in [9.17, 15) is 10.1 Å². The largest absolute Gasteiger partial charge is 0.497 e. The van der Waals surface area contributed by atoms with Gasteiger partial charge in [0.1, 0.15) is 10.8 Å². The molecule has 6 heteroatoms. The van der Waals surface area contributed by atoms with Crippen molar-refractivity contribution in [2.75, 3.05) is 12.4 Å². The van der Waals surface area contributed by atoms with Gasteiger partial charge in [-0.2, -0.15) is 0 Å². The molecule has 0 aliphatic carbocycles. The molecule has 2 aromatic carbocycles. The normalized spacial score (nSPS) is 11.8. The summed E-state index contributed by atoms with van der Waals surface area (Å²) in [7, 11) is 1.61. The van der Waals surface area contributed by atoms with Crippen LogP contribution in [0.1, 0.15) is 18.5 Å². The van der Waals surface area contributed by atoms with Crippen molar-refractivity contribution in [1.82, 2.24) is 0 Å². The van der Waals surface area contributed by atoms with E-state index in [2.05, 4.69) is 5.32 Å². The van der Waals surface area contributed by atoms with Gasteiger partial charge in [0.25, 0.3) is 5.69 Å². The maximum absolute atomic E-state index is 10.9. The Morgan fingerprint density at radius 3 is 2.71 bits per heavy atom. The van der Waals surface area contributed by atoms with Crippen molar-refractivity contribution >= 4 is 23.0 Å². The summed E-state index contributed by atoms with van der Waals surface area (Å²) in [6, 6.07) is 12.3. The van der Waals surface area contributed by atoms with E-state index in [1.807, 2.05) is 31.2 Å². The molecule has 0 aromatic heterocycles. The fourth-order valence-corrected chi connectivity index (χ4v) is 2.17. The molecule has 0 bridgehead atoms. The number of halogens is 1. The minimum atomic E-state index is -0.496. The molecule has 5 nitrogen and oxygen atoms in total. The minimum Gasteiger partial charge on any atom is -0.497 e. The number of hydrogen-bond donors (Lipinski definition) is 1. The monoisotopic (exact) mass is 306 g/mol. The molecule has 21 heavy (non-hydrogen) atoms. The van der Waals surface area contributed by atoms with Gasteiger partial charge < -0.3 is 10.1 Å². The molecular formula is C15H15ClN2O3. The molecular weight excluding hydrogens is 292 g/mol. The van der Waals surface area contributed by atoms with Gasteiger partial charge in [-0.15, -0.1) is 0 Å². The maximum atomic E-state index is 10.9. The molecule has 110 valence electrons. The number of rotatable bonds is 5. The van der Waals surface area contributed by atoms with Crippen LogP contribution in [-0.2, 0) is 0 Å². The van der Waals surface area contributed by atoms with Crippen molar-refractivity contribution in [1.29, 1.82) is 0 Å². The van der Waals surface area contributed by atoms with Crippen LogP contribution in [0.4, 0.5) is 11.4 Å². The fraction of sp³-hybridized carbons (Fsp3) is 0.200. The quantitative estimate of drug-likeness (QED) is 0.655. The first kappa shape index (κ1) is 15.1. The van der Waals surface area contributed by atoms with E-state index in [4.69, 9.17) is 16.3 Å². The lowest BCUT2D eigenvalue weighted by molar-refractivity contribution is -0.384. The van der Waals surface area contributed by atoms with Crippen LogP contribution >= 0.6 is 11.6 Å². The summed E-state index contributed by atoms with van der Waals surface area (Å²) < 4.78 is 5.19. The fourth-order valence-electron chi connectivity index (χ4n) is 1.99.